The smallest absolute Gasteiger partial charge is 0.303 e. The fourth-order valence-corrected chi connectivity index (χ4v) is 2.87. The van der Waals surface area contributed by atoms with Crippen LogP contribution in [0.3, 0.4) is 0 Å². The minimum atomic E-state index is -0.901. The largest absolute Gasteiger partial charge is 0.481 e. The SMILES string of the molecule is CC/C=C\C/C=C\C[C@H](O)/C=C/[C@H](O)[C@@H]1C[C@H](O)[C@@H](C/C=C\CCC(=O)O)O1. The molecule has 0 aliphatic carbocycles. The normalized spacial score (nSPS) is 25.5. The first-order valence-electron chi connectivity index (χ1n) is 9.98. The lowest BCUT2D eigenvalue weighted by Crippen LogP contribution is -2.24. The summed E-state index contributed by atoms with van der Waals surface area (Å²) in [4.78, 5) is 10.5. The summed E-state index contributed by atoms with van der Waals surface area (Å²) in [5.74, 6) is -0.845. The zero-order valence-corrected chi connectivity index (χ0v) is 16.6. The Morgan fingerprint density at radius 2 is 1.86 bits per heavy atom. The van der Waals surface area contributed by atoms with Crippen molar-refractivity contribution in [2.45, 2.75) is 82.4 Å². The molecule has 4 N–H and O–H groups in total. The van der Waals surface area contributed by atoms with Crippen LogP contribution in [-0.2, 0) is 9.53 Å². The Kier molecular flexibility index (Phi) is 12.4. The van der Waals surface area contributed by atoms with E-state index in [1.54, 1.807) is 18.2 Å². The highest BCUT2D eigenvalue weighted by Crippen LogP contribution is 2.26. The lowest BCUT2D eigenvalue weighted by atomic mass is 10.0. The van der Waals surface area contributed by atoms with Gasteiger partial charge in [-0.3, -0.25) is 4.79 Å². The molecule has 0 amide bonds. The van der Waals surface area contributed by atoms with E-state index in [-0.39, 0.29) is 6.42 Å². The van der Waals surface area contributed by atoms with Gasteiger partial charge < -0.3 is 25.2 Å². The molecule has 1 heterocycles. The van der Waals surface area contributed by atoms with E-state index in [2.05, 4.69) is 19.1 Å². The van der Waals surface area contributed by atoms with E-state index in [1.807, 2.05) is 12.2 Å². The Labute approximate surface area is 167 Å². The van der Waals surface area contributed by atoms with Gasteiger partial charge in [0.1, 0.15) is 0 Å². The summed E-state index contributed by atoms with van der Waals surface area (Å²) < 4.78 is 5.71. The van der Waals surface area contributed by atoms with E-state index in [9.17, 15) is 20.1 Å². The summed E-state index contributed by atoms with van der Waals surface area (Å²) in [5.41, 5.74) is 0. The van der Waals surface area contributed by atoms with Crippen LogP contribution in [-0.4, -0.2) is 56.9 Å². The van der Waals surface area contributed by atoms with Gasteiger partial charge in [0.25, 0.3) is 0 Å². The third-order valence-corrected chi connectivity index (χ3v) is 4.44. The van der Waals surface area contributed by atoms with E-state index in [4.69, 9.17) is 9.84 Å². The van der Waals surface area contributed by atoms with Gasteiger partial charge in [-0.15, -0.1) is 0 Å². The van der Waals surface area contributed by atoms with Gasteiger partial charge in [0.2, 0.25) is 0 Å². The maximum absolute atomic E-state index is 10.5. The van der Waals surface area contributed by atoms with Crippen LogP contribution < -0.4 is 0 Å². The van der Waals surface area contributed by atoms with Gasteiger partial charge in [0.15, 0.2) is 0 Å². The molecule has 0 bridgehead atoms. The number of rotatable bonds is 13. The number of aliphatic carboxylic acids is 1. The number of carboxylic acids is 1. The van der Waals surface area contributed by atoms with Gasteiger partial charge in [-0.05, 0) is 32.1 Å². The van der Waals surface area contributed by atoms with Crippen molar-refractivity contribution >= 4 is 5.97 Å². The molecule has 0 radical (unpaired) electrons. The summed E-state index contributed by atoms with van der Waals surface area (Å²) in [5, 5.41) is 38.8. The Morgan fingerprint density at radius 1 is 1.11 bits per heavy atom. The first-order chi connectivity index (χ1) is 13.4. The molecule has 158 valence electrons. The van der Waals surface area contributed by atoms with Gasteiger partial charge in [0.05, 0.1) is 30.5 Å². The number of aliphatic hydroxyl groups excluding tert-OH is 3. The zero-order valence-electron chi connectivity index (χ0n) is 16.6. The number of ether oxygens (including phenoxy) is 1. The van der Waals surface area contributed by atoms with Crippen LogP contribution in [0.5, 0.6) is 0 Å². The molecular weight excluding hydrogens is 360 g/mol. The molecule has 6 nitrogen and oxygen atoms in total. The Balaban J connectivity index is 2.33. The molecule has 0 aromatic rings. The standard InChI is InChI=1S/C22H34O6/c1-2-3-4-5-6-8-11-17(23)14-15-18(24)21-16-19(25)20(28-21)12-9-7-10-13-22(26)27/h3-4,6-9,14-15,17-21,23-25H,2,5,10-13,16H2,1H3,(H,26,27)/b4-3-,8-6-,9-7-,15-14+/t17-,18-,19-,20+,21-/m0/s1. The number of allylic oxidation sites excluding steroid dienone is 4. The highest BCUT2D eigenvalue weighted by atomic mass is 16.5. The number of carbonyl (C=O) groups is 1. The summed E-state index contributed by atoms with van der Waals surface area (Å²) in [6.45, 7) is 2.08. The van der Waals surface area contributed by atoms with E-state index in [0.717, 1.165) is 12.8 Å². The quantitative estimate of drug-likeness (QED) is 0.358. The van der Waals surface area contributed by atoms with Gasteiger partial charge >= 0.3 is 5.97 Å². The second-order valence-electron chi connectivity index (χ2n) is 6.92. The molecule has 1 saturated heterocycles. The van der Waals surface area contributed by atoms with Crippen molar-refractivity contribution in [1.82, 2.24) is 0 Å². The van der Waals surface area contributed by atoms with Crippen molar-refractivity contribution in [3.63, 3.8) is 0 Å². The molecule has 1 aliphatic rings. The van der Waals surface area contributed by atoms with Crippen molar-refractivity contribution in [3.8, 4) is 0 Å². The van der Waals surface area contributed by atoms with Gasteiger partial charge in [-0.2, -0.15) is 0 Å². The van der Waals surface area contributed by atoms with E-state index in [0.29, 0.717) is 25.7 Å². The molecule has 1 aliphatic heterocycles. The highest BCUT2D eigenvalue weighted by Gasteiger charge is 2.36. The van der Waals surface area contributed by atoms with Crippen molar-refractivity contribution < 1.29 is 30.0 Å². The minimum absolute atomic E-state index is 0.0731. The molecule has 0 spiro atoms. The molecule has 0 aromatic carbocycles. The molecule has 5 atom stereocenters. The van der Waals surface area contributed by atoms with Crippen LogP contribution >= 0.6 is 0 Å². The maximum Gasteiger partial charge on any atom is 0.303 e. The Morgan fingerprint density at radius 3 is 2.57 bits per heavy atom. The van der Waals surface area contributed by atoms with E-state index < -0.39 is 36.5 Å². The molecular formula is C22H34O6. The lowest BCUT2D eigenvalue weighted by Gasteiger charge is -2.16. The van der Waals surface area contributed by atoms with Crippen molar-refractivity contribution in [3.05, 3.63) is 48.6 Å². The minimum Gasteiger partial charge on any atom is -0.481 e. The van der Waals surface area contributed by atoms with E-state index >= 15 is 0 Å². The summed E-state index contributed by atoms with van der Waals surface area (Å²) in [6.07, 6.45) is 15.1. The molecule has 0 unspecified atom stereocenters. The molecule has 28 heavy (non-hydrogen) atoms. The van der Waals surface area contributed by atoms with Gasteiger partial charge in [-0.1, -0.05) is 55.5 Å². The lowest BCUT2D eigenvalue weighted by molar-refractivity contribution is -0.136. The first-order valence-corrected chi connectivity index (χ1v) is 9.98. The average Bonchev–Trinajstić information content (AvgIpc) is 3.03. The van der Waals surface area contributed by atoms with Crippen molar-refractivity contribution in [1.29, 1.82) is 0 Å². The van der Waals surface area contributed by atoms with Crippen LogP contribution in [0.25, 0.3) is 0 Å². The zero-order chi connectivity index (χ0) is 20.8. The summed E-state index contributed by atoms with van der Waals surface area (Å²) in [7, 11) is 0. The topological polar surface area (TPSA) is 107 Å². The fourth-order valence-electron chi connectivity index (χ4n) is 2.87. The molecule has 6 heteroatoms. The van der Waals surface area contributed by atoms with Crippen LogP contribution in [0, 0.1) is 0 Å². The summed E-state index contributed by atoms with van der Waals surface area (Å²) >= 11 is 0. The third kappa shape index (κ3) is 10.6. The second kappa shape index (κ2) is 14.3. The predicted octanol–water partition coefficient (Wildman–Crippen LogP) is 2.90. The van der Waals surface area contributed by atoms with Crippen LogP contribution in [0.1, 0.15) is 51.9 Å². The highest BCUT2D eigenvalue weighted by molar-refractivity contribution is 5.66. The Hall–Kier alpha value is -1.73. The van der Waals surface area contributed by atoms with Crippen molar-refractivity contribution in [2.75, 3.05) is 0 Å². The number of carboxylic acid groups (broad SMARTS) is 1. The molecule has 0 aromatic heterocycles. The second-order valence-corrected chi connectivity index (χ2v) is 6.92. The maximum atomic E-state index is 10.5. The third-order valence-electron chi connectivity index (χ3n) is 4.44. The summed E-state index contributed by atoms with van der Waals surface area (Å²) in [6, 6.07) is 0. The first kappa shape index (κ1) is 24.3. The van der Waals surface area contributed by atoms with Crippen molar-refractivity contribution in [2.24, 2.45) is 0 Å². The fraction of sp³-hybridized carbons (Fsp3) is 0.591. The van der Waals surface area contributed by atoms with Gasteiger partial charge in [0, 0.05) is 12.8 Å². The monoisotopic (exact) mass is 394 g/mol. The Bertz CT molecular complexity index is 551. The van der Waals surface area contributed by atoms with Crippen LogP contribution in [0.2, 0.25) is 0 Å². The van der Waals surface area contributed by atoms with E-state index in [1.165, 1.54) is 6.08 Å². The molecule has 0 saturated carbocycles. The predicted molar refractivity (Wildman–Crippen MR) is 109 cm³/mol. The number of aliphatic hydroxyl groups is 3. The van der Waals surface area contributed by atoms with Crippen LogP contribution in [0.4, 0.5) is 0 Å². The number of hydrogen-bond donors (Lipinski definition) is 4. The van der Waals surface area contributed by atoms with Gasteiger partial charge in [-0.25, -0.2) is 0 Å². The average molecular weight is 395 g/mol. The number of hydrogen-bond acceptors (Lipinski definition) is 5. The van der Waals surface area contributed by atoms with Crippen LogP contribution in [0.15, 0.2) is 48.6 Å². The molecule has 1 fully saturated rings. The molecule has 1 rings (SSSR count).